The molecule has 1 saturated heterocycles. The quantitative estimate of drug-likeness (QED) is 0.580. The first-order valence-corrected chi connectivity index (χ1v) is 10.9. The number of amides is 1. The van der Waals surface area contributed by atoms with E-state index in [0.717, 1.165) is 33.4 Å². The van der Waals surface area contributed by atoms with Crippen LogP contribution in [-0.4, -0.2) is 42.5 Å². The normalized spacial score (nSPS) is 15.5. The van der Waals surface area contributed by atoms with Crippen LogP contribution < -0.4 is 16.4 Å². The van der Waals surface area contributed by atoms with Crippen molar-refractivity contribution in [1.82, 2.24) is 15.2 Å². The molecule has 2 aromatic heterocycles. The molecular formula is C22H27N5OS. The Hall–Kier alpha value is -2.64. The number of carbonyl (C=O) groups is 1. The number of anilines is 2. The van der Waals surface area contributed by atoms with E-state index in [2.05, 4.69) is 27.6 Å². The first kappa shape index (κ1) is 19.7. The van der Waals surface area contributed by atoms with Gasteiger partial charge in [0.1, 0.15) is 5.82 Å². The molecule has 0 saturated carbocycles. The lowest BCUT2D eigenvalue weighted by Gasteiger charge is -2.29. The van der Waals surface area contributed by atoms with E-state index < -0.39 is 0 Å². The number of pyridine rings is 1. The number of likely N-dealkylation sites (tertiary alicyclic amines) is 1. The van der Waals surface area contributed by atoms with Gasteiger partial charge in [0.25, 0.3) is 5.91 Å². The van der Waals surface area contributed by atoms with Crippen molar-refractivity contribution in [3.63, 3.8) is 0 Å². The summed E-state index contributed by atoms with van der Waals surface area (Å²) in [4.78, 5) is 19.7. The smallest absolute Gasteiger partial charge is 0.261 e. The second kappa shape index (κ2) is 8.80. The Labute approximate surface area is 175 Å². The summed E-state index contributed by atoms with van der Waals surface area (Å²) in [5.74, 6) is 1.19. The summed E-state index contributed by atoms with van der Waals surface area (Å²) in [6.45, 7) is 3.79. The van der Waals surface area contributed by atoms with E-state index >= 15 is 0 Å². The number of piperidine rings is 1. The van der Waals surface area contributed by atoms with Crippen molar-refractivity contribution in [2.45, 2.75) is 19.4 Å². The predicted octanol–water partition coefficient (Wildman–Crippen LogP) is 3.56. The summed E-state index contributed by atoms with van der Waals surface area (Å²) in [5, 5.41) is 10.5. The molecule has 0 atom stereocenters. The van der Waals surface area contributed by atoms with Gasteiger partial charge in [0.05, 0.1) is 4.88 Å². The zero-order valence-electron chi connectivity index (χ0n) is 16.6. The number of nitrogen functional groups attached to an aromatic ring is 1. The minimum absolute atomic E-state index is 0.0447. The molecular weight excluding hydrogens is 382 g/mol. The van der Waals surface area contributed by atoms with Gasteiger partial charge >= 0.3 is 0 Å². The second-order valence-electron chi connectivity index (χ2n) is 7.76. The van der Waals surface area contributed by atoms with E-state index in [1.165, 1.54) is 37.3 Å². The number of hydrogen-bond acceptors (Lipinski definition) is 6. The van der Waals surface area contributed by atoms with Gasteiger partial charge in [-0.2, -0.15) is 0 Å². The Balaban J connectivity index is 1.30. The summed E-state index contributed by atoms with van der Waals surface area (Å²) in [6.07, 6.45) is 4.16. The Bertz CT molecular complexity index is 994. The molecule has 0 unspecified atom stereocenters. The van der Waals surface area contributed by atoms with Crippen molar-refractivity contribution >= 4 is 39.5 Å². The number of rotatable bonds is 6. The average molecular weight is 410 g/mol. The van der Waals surface area contributed by atoms with Gasteiger partial charge in [-0.15, -0.1) is 11.3 Å². The molecule has 1 aliphatic rings. The highest BCUT2D eigenvalue weighted by Gasteiger charge is 2.17. The zero-order valence-corrected chi connectivity index (χ0v) is 17.5. The lowest BCUT2D eigenvalue weighted by Crippen LogP contribution is -2.32. The molecule has 29 heavy (non-hydrogen) atoms. The molecule has 1 aromatic carbocycles. The lowest BCUT2D eigenvalue weighted by molar-refractivity contribution is 0.0955. The van der Waals surface area contributed by atoms with Gasteiger partial charge in [0.15, 0.2) is 0 Å². The third-order valence-corrected chi connectivity index (χ3v) is 6.50. The molecule has 0 radical (unpaired) electrons. The number of nitrogens with zero attached hydrogens (tertiary/aromatic N) is 2. The number of thiophene rings is 1. The maximum absolute atomic E-state index is 12.5. The fourth-order valence-corrected chi connectivity index (χ4v) is 4.49. The van der Waals surface area contributed by atoms with Crippen LogP contribution >= 0.6 is 11.3 Å². The first-order valence-electron chi connectivity index (χ1n) is 10.0. The minimum atomic E-state index is -0.0447. The van der Waals surface area contributed by atoms with Crippen molar-refractivity contribution in [3.05, 3.63) is 52.3 Å². The van der Waals surface area contributed by atoms with Crippen LogP contribution in [0.4, 0.5) is 11.5 Å². The largest absolute Gasteiger partial charge is 0.384 e. The molecule has 0 aliphatic carbocycles. The highest BCUT2D eigenvalue weighted by Crippen LogP contribution is 2.23. The summed E-state index contributed by atoms with van der Waals surface area (Å²) >= 11 is 1.48. The van der Waals surface area contributed by atoms with Crippen molar-refractivity contribution < 1.29 is 4.79 Å². The minimum Gasteiger partial charge on any atom is -0.384 e. The van der Waals surface area contributed by atoms with Crippen LogP contribution in [0.5, 0.6) is 0 Å². The SMILES string of the molecule is CN1CCC(CNc2csc(C(=O)NCc3ccc4c(N)nccc4c3)c2)CC1. The van der Waals surface area contributed by atoms with Crippen LogP contribution in [0.2, 0.25) is 0 Å². The van der Waals surface area contributed by atoms with Crippen molar-refractivity contribution in [3.8, 4) is 0 Å². The summed E-state index contributed by atoms with van der Waals surface area (Å²) < 4.78 is 0. The van der Waals surface area contributed by atoms with Gasteiger partial charge in [-0.1, -0.05) is 12.1 Å². The van der Waals surface area contributed by atoms with Gasteiger partial charge in [-0.05, 0) is 68.0 Å². The number of carbonyl (C=O) groups excluding carboxylic acids is 1. The number of nitrogens with two attached hydrogens (primary N) is 1. The van der Waals surface area contributed by atoms with Crippen LogP contribution in [0.15, 0.2) is 41.9 Å². The molecule has 6 nitrogen and oxygen atoms in total. The second-order valence-corrected chi connectivity index (χ2v) is 8.67. The Kier molecular flexibility index (Phi) is 5.97. The molecule has 3 heterocycles. The van der Waals surface area contributed by atoms with Crippen molar-refractivity contribution in [2.75, 3.05) is 37.7 Å². The average Bonchev–Trinajstić information content (AvgIpc) is 3.21. The van der Waals surface area contributed by atoms with Gasteiger partial charge in [-0.25, -0.2) is 4.98 Å². The van der Waals surface area contributed by atoms with Crippen LogP contribution in [0.3, 0.4) is 0 Å². The van der Waals surface area contributed by atoms with Crippen LogP contribution in [-0.2, 0) is 6.54 Å². The molecule has 3 aromatic rings. The standard InChI is InChI=1S/C22H27N5OS/c1-27-8-5-15(6-9-27)12-25-18-11-20(29-14-18)22(28)26-13-16-2-3-19-17(10-16)4-7-24-21(19)23/h2-4,7,10-11,14-15,25H,5-6,8-9,12-13H2,1H3,(H2,23,24)(H,26,28). The van der Waals surface area contributed by atoms with E-state index in [-0.39, 0.29) is 5.91 Å². The number of benzene rings is 1. The highest BCUT2D eigenvalue weighted by molar-refractivity contribution is 7.12. The molecule has 4 rings (SSSR count). The fourth-order valence-electron chi connectivity index (χ4n) is 3.71. The predicted molar refractivity (Wildman–Crippen MR) is 120 cm³/mol. The monoisotopic (exact) mass is 409 g/mol. The maximum Gasteiger partial charge on any atom is 0.261 e. The summed E-state index contributed by atoms with van der Waals surface area (Å²) in [7, 11) is 2.18. The maximum atomic E-state index is 12.5. The van der Waals surface area contributed by atoms with Gasteiger partial charge in [0.2, 0.25) is 0 Å². The number of hydrogen-bond donors (Lipinski definition) is 3. The topological polar surface area (TPSA) is 83.3 Å². The van der Waals surface area contributed by atoms with Gasteiger partial charge in [0, 0.05) is 35.7 Å². The lowest BCUT2D eigenvalue weighted by atomic mass is 9.97. The van der Waals surface area contributed by atoms with Gasteiger partial charge < -0.3 is 21.3 Å². The van der Waals surface area contributed by atoms with E-state index in [1.807, 2.05) is 35.7 Å². The van der Waals surface area contributed by atoms with Crippen LogP contribution in [0, 0.1) is 5.92 Å². The zero-order chi connectivity index (χ0) is 20.2. The number of nitrogens with one attached hydrogen (secondary N) is 2. The highest BCUT2D eigenvalue weighted by atomic mass is 32.1. The first-order chi connectivity index (χ1) is 14.1. The third kappa shape index (κ3) is 4.86. The fraction of sp³-hybridized carbons (Fsp3) is 0.364. The summed E-state index contributed by atoms with van der Waals surface area (Å²) in [6, 6.07) is 9.84. The Morgan fingerprint density at radius 1 is 1.28 bits per heavy atom. The van der Waals surface area contributed by atoms with Gasteiger partial charge in [-0.3, -0.25) is 4.79 Å². The van der Waals surface area contributed by atoms with E-state index in [4.69, 9.17) is 5.73 Å². The third-order valence-electron chi connectivity index (χ3n) is 5.57. The Morgan fingerprint density at radius 3 is 2.93 bits per heavy atom. The number of fused-ring (bicyclic) bond motifs is 1. The molecule has 0 spiro atoms. The van der Waals surface area contributed by atoms with Crippen molar-refractivity contribution in [1.29, 1.82) is 0 Å². The molecule has 1 amide bonds. The van der Waals surface area contributed by atoms with E-state index in [1.54, 1.807) is 6.20 Å². The summed E-state index contributed by atoms with van der Waals surface area (Å²) in [5.41, 5.74) is 7.97. The van der Waals surface area contributed by atoms with E-state index in [9.17, 15) is 4.79 Å². The van der Waals surface area contributed by atoms with Crippen LogP contribution in [0.25, 0.3) is 10.8 Å². The van der Waals surface area contributed by atoms with Crippen LogP contribution in [0.1, 0.15) is 28.1 Å². The van der Waals surface area contributed by atoms with E-state index in [0.29, 0.717) is 18.3 Å². The molecule has 1 aliphatic heterocycles. The molecule has 4 N–H and O–H groups in total. The number of aromatic nitrogens is 1. The molecule has 1 fully saturated rings. The molecule has 152 valence electrons. The van der Waals surface area contributed by atoms with Crippen molar-refractivity contribution in [2.24, 2.45) is 5.92 Å². The molecule has 7 heteroatoms. The Morgan fingerprint density at radius 2 is 2.10 bits per heavy atom. The molecule has 0 bridgehead atoms.